The molecule has 2 nitrogen and oxygen atoms in total. The first-order chi connectivity index (χ1) is 10.1. The molecular formula is C18H18O2S. The molecule has 0 unspecified atom stereocenters. The van der Waals surface area contributed by atoms with Gasteiger partial charge in [0.15, 0.2) is 0 Å². The zero-order valence-electron chi connectivity index (χ0n) is 12.1. The summed E-state index contributed by atoms with van der Waals surface area (Å²) < 4.78 is 0. The van der Waals surface area contributed by atoms with Crippen molar-refractivity contribution >= 4 is 17.7 Å². The molecule has 2 aromatic carbocycles. The zero-order valence-corrected chi connectivity index (χ0v) is 12.9. The summed E-state index contributed by atoms with van der Waals surface area (Å²) in [5.74, 6) is 0.0301. The summed E-state index contributed by atoms with van der Waals surface area (Å²) in [5, 5.41) is 9.17. The van der Waals surface area contributed by atoms with Gasteiger partial charge in [0.2, 0.25) is 0 Å². The van der Waals surface area contributed by atoms with Crippen LogP contribution in [0.3, 0.4) is 0 Å². The van der Waals surface area contributed by atoms with Crippen LogP contribution in [-0.4, -0.2) is 11.1 Å². The Morgan fingerprint density at radius 3 is 2.76 bits per heavy atom. The molecule has 0 heterocycles. The predicted octanol–water partition coefficient (Wildman–Crippen LogP) is 4.47. The number of hydrogen-bond acceptors (Lipinski definition) is 2. The lowest BCUT2D eigenvalue weighted by Crippen LogP contribution is -1.99. The van der Waals surface area contributed by atoms with Crippen LogP contribution in [0.4, 0.5) is 0 Å². The molecule has 0 aromatic heterocycles. The van der Waals surface area contributed by atoms with Gasteiger partial charge < -0.3 is 5.11 Å². The van der Waals surface area contributed by atoms with Crippen LogP contribution in [0.15, 0.2) is 41.3 Å². The fourth-order valence-corrected chi connectivity index (χ4v) is 3.68. The van der Waals surface area contributed by atoms with Gasteiger partial charge in [-0.1, -0.05) is 24.3 Å². The molecule has 1 aliphatic carbocycles. The van der Waals surface area contributed by atoms with Crippen LogP contribution in [0.25, 0.3) is 0 Å². The lowest BCUT2D eigenvalue weighted by Gasteiger charge is -2.07. The average molecular weight is 298 g/mol. The van der Waals surface area contributed by atoms with Crippen molar-refractivity contribution < 1.29 is 9.90 Å². The van der Waals surface area contributed by atoms with Crippen molar-refractivity contribution in [2.45, 2.75) is 36.8 Å². The van der Waals surface area contributed by atoms with E-state index in [9.17, 15) is 9.90 Å². The van der Waals surface area contributed by atoms with E-state index in [1.54, 1.807) is 17.8 Å². The molecule has 3 heteroatoms. The number of hydrogen-bond donors (Lipinski definition) is 1. The number of fused-ring (bicyclic) bond motifs is 1. The minimum Gasteiger partial charge on any atom is -0.478 e. The second-order valence-electron chi connectivity index (χ2n) is 5.53. The van der Waals surface area contributed by atoms with Crippen molar-refractivity contribution in [3.63, 3.8) is 0 Å². The van der Waals surface area contributed by atoms with E-state index in [4.69, 9.17) is 0 Å². The maximum absolute atomic E-state index is 11.2. The number of aryl methyl sites for hydroxylation is 3. The molecule has 0 spiro atoms. The molecule has 0 saturated carbocycles. The SMILES string of the molecule is Cc1ccc(SCc2ccc3c(c2)CCC3)cc1C(=O)O. The molecule has 0 bridgehead atoms. The molecule has 0 saturated heterocycles. The average Bonchev–Trinajstić information content (AvgIpc) is 2.93. The molecule has 3 rings (SSSR count). The van der Waals surface area contributed by atoms with Crippen LogP contribution in [0.2, 0.25) is 0 Å². The third-order valence-corrected chi connectivity index (χ3v) is 5.07. The first-order valence-corrected chi connectivity index (χ1v) is 8.19. The maximum Gasteiger partial charge on any atom is 0.335 e. The third kappa shape index (κ3) is 3.13. The number of carboxylic acid groups (broad SMARTS) is 1. The molecule has 21 heavy (non-hydrogen) atoms. The highest BCUT2D eigenvalue weighted by Crippen LogP contribution is 2.28. The highest BCUT2D eigenvalue weighted by atomic mass is 32.2. The lowest BCUT2D eigenvalue weighted by atomic mass is 10.1. The van der Waals surface area contributed by atoms with Gasteiger partial charge in [-0.2, -0.15) is 0 Å². The van der Waals surface area contributed by atoms with Crippen LogP contribution < -0.4 is 0 Å². The normalized spacial score (nSPS) is 13.2. The summed E-state index contributed by atoms with van der Waals surface area (Å²) in [4.78, 5) is 12.2. The summed E-state index contributed by atoms with van der Waals surface area (Å²) in [7, 11) is 0. The van der Waals surface area contributed by atoms with Gasteiger partial charge in [0.05, 0.1) is 5.56 Å². The molecule has 0 radical (unpaired) electrons. The van der Waals surface area contributed by atoms with Crippen molar-refractivity contribution in [2.75, 3.05) is 0 Å². The Kier molecular flexibility index (Phi) is 4.02. The maximum atomic E-state index is 11.2. The van der Waals surface area contributed by atoms with Crippen molar-refractivity contribution in [3.8, 4) is 0 Å². The number of rotatable bonds is 4. The standard InChI is InChI=1S/C18H18O2S/c1-12-5-8-16(10-17(12)18(19)20)21-11-13-6-7-14-3-2-4-15(14)9-13/h5-10H,2-4,11H2,1H3,(H,19,20). The first-order valence-electron chi connectivity index (χ1n) is 7.21. The summed E-state index contributed by atoms with van der Waals surface area (Å²) in [6.07, 6.45) is 3.68. The largest absolute Gasteiger partial charge is 0.478 e. The Labute approximate surface area is 129 Å². The number of carboxylic acids is 1. The number of thioether (sulfide) groups is 1. The highest BCUT2D eigenvalue weighted by molar-refractivity contribution is 7.98. The van der Waals surface area contributed by atoms with E-state index in [2.05, 4.69) is 18.2 Å². The fraction of sp³-hybridized carbons (Fsp3) is 0.278. The van der Waals surface area contributed by atoms with Crippen LogP contribution in [0, 0.1) is 6.92 Å². The molecular weight excluding hydrogens is 280 g/mol. The van der Waals surface area contributed by atoms with Crippen molar-refractivity contribution in [3.05, 3.63) is 64.2 Å². The molecule has 108 valence electrons. The topological polar surface area (TPSA) is 37.3 Å². The molecule has 0 aliphatic heterocycles. The Bertz CT molecular complexity index is 692. The van der Waals surface area contributed by atoms with E-state index >= 15 is 0 Å². The minimum absolute atomic E-state index is 0.397. The Morgan fingerprint density at radius 1 is 1.14 bits per heavy atom. The van der Waals surface area contributed by atoms with E-state index in [1.165, 1.54) is 36.0 Å². The molecule has 2 aromatic rings. The monoisotopic (exact) mass is 298 g/mol. The van der Waals surface area contributed by atoms with Crippen LogP contribution in [-0.2, 0) is 18.6 Å². The van der Waals surface area contributed by atoms with Gasteiger partial charge in [-0.3, -0.25) is 0 Å². The second-order valence-corrected chi connectivity index (χ2v) is 6.58. The smallest absolute Gasteiger partial charge is 0.335 e. The molecule has 1 aliphatic rings. The van der Waals surface area contributed by atoms with Gasteiger partial charge in [0.1, 0.15) is 0 Å². The van der Waals surface area contributed by atoms with Gasteiger partial charge in [-0.15, -0.1) is 11.8 Å². The van der Waals surface area contributed by atoms with Crippen molar-refractivity contribution in [1.29, 1.82) is 0 Å². The Morgan fingerprint density at radius 2 is 1.95 bits per heavy atom. The minimum atomic E-state index is -0.854. The molecule has 0 atom stereocenters. The predicted molar refractivity (Wildman–Crippen MR) is 86.2 cm³/mol. The van der Waals surface area contributed by atoms with E-state index in [0.29, 0.717) is 5.56 Å². The number of benzene rings is 2. The molecule has 0 amide bonds. The third-order valence-electron chi connectivity index (χ3n) is 4.01. The molecule has 0 fully saturated rings. The first kappa shape index (κ1) is 14.2. The quantitative estimate of drug-likeness (QED) is 0.846. The summed E-state index contributed by atoms with van der Waals surface area (Å²) in [5.41, 5.74) is 5.51. The van der Waals surface area contributed by atoms with Crippen LogP contribution >= 0.6 is 11.8 Å². The van der Waals surface area contributed by atoms with E-state index in [1.807, 2.05) is 19.1 Å². The Balaban J connectivity index is 1.73. The van der Waals surface area contributed by atoms with E-state index in [0.717, 1.165) is 16.2 Å². The second kappa shape index (κ2) is 5.94. The van der Waals surface area contributed by atoms with Gasteiger partial charge in [-0.25, -0.2) is 4.79 Å². The molecule has 1 N–H and O–H groups in total. The Hall–Kier alpha value is -1.74. The number of carbonyl (C=O) groups is 1. The van der Waals surface area contributed by atoms with Crippen LogP contribution in [0.1, 0.15) is 39.0 Å². The fourth-order valence-electron chi connectivity index (χ4n) is 2.80. The van der Waals surface area contributed by atoms with Gasteiger partial charge in [0, 0.05) is 10.6 Å². The van der Waals surface area contributed by atoms with E-state index in [-0.39, 0.29) is 0 Å². The highest BCUT2D eigenvalue weighted by Gasteiger charge is 2.11. The van der Waals surface area contributed by atoms with Crippen LogP contribution in [0.5, 0.6) is 0 Å². The zero-order chi connectivity index (χ0) is 14.8. The van der Waals surface area contributed by atoms with Gasteiger partial charge in [-0.05, 0) is 60.6 Å². The van der Waals surface area contributed by atoms with Gasteiger partial charge in [0.25, 0.3) is 0 Å². The van der Waals surface area contributed by atoms with E-state index < -0.39 is 5.97 Å². The van der Waals surface area contributed by atoms with Crippen molar-refractivity contribution in [2.24, 2.45) is 0 Å². The summed E-state index contributed by atoms with van der Waals surface area (Å²) >= 11 is 1.70. The van der Waals surface area contributed by atoms with Gasteiger partial charge >= 0.3 is 5.97 Å². The lowest BCUT2D eigenvalue weighted by molar-refractivity contribution is 0.0696. The number of aromatic carboxylic acids is 1. The summed E-state index contributed by atoms with van der Waals surface area (Å²) in [6.45, 7) is 1.83. The summed E-state index contributed by atoms with van der Waals surface area (Å²) in [6, 6.07) is 12.4. The van der Waals surface area contributed by atoms with Crippen molar-refractivity contribution in [1.82, 2.24) is 0 Å².